The van der Waals surface area contributed by atoms with Gasteiger partial charge in [-0.25, -0.2) is 0 Å². The number of rotatable bonds is 0. The van der Waals surface area contributed by atoms with Crippen LogP contribution in [-0.2, 0) is 6.42 Å². The van der Waals surface area contributed by atoms with Crippen LogP contribution in [0.3, 0.4) is 0 Å². The lowest BCUT2D eigenvalue weighted by Crippen LogP contribution is -2.16. The van der Waals surface area contributed by atoms with E-state index in [-0.39, 0.29) is 0 Å². The van der Waals surface area contributed by atoms with Crippen LogP contribution in [0.25, 0.3) is 18.2 Å². The highest BCUT2D eigenvalue weighted by Crippen LogP contribution is 2.16. The molecule has 0 amide bonds. The minimum absolute atomic E-state index is 1.05. The Kier molecular flexibility index (Phi) is 2.04. The molecule has 0 heterocycles. The van der Waals surface area contributed by atoms with E-state index < -0.39 is 0 Å². The molecule has 18 heavy (non-hydrogen) atoms. The highest BCUT2D eigenvalue weighted by Gasteiger charge is 2.08. The number of benzene rings is 2. The van der Waals surface area contributed by atoms with Crippen molar-refractivity contribution < 1.29 is 0 Å². The van der Waals surface area contributed by atoms with Gasteiger partial charge < -0.3 is 0 Å². The van der Waals surface area contributed by atoms with Gasteiger partial charge in [-0.2, -0.15) is 0 Å². The van der Waals surface area contributed by atoms with Gasteiger partial charge in [0.1, 0.15) is 0 Å². The van der Waals surface area contributed by atoms with Crippen molar-refractivity contribution in [1.82, 2.24) is 0 Å². The van der Waals surface area contributed by atoms with Crippen molar-refractivity contribution in [2.24, 2.45) is 0 Å². The van der Waals surface area contributed by atoms with Gasteiger partial charge in [0.05, 0.1) is 0 Å². The summed E-state index contributed by atoms with van der Waals surface area (Å²) in [7, 11) is 0. The molecule has 0 aliphatic heterocycles. The molecule has 2 aromatic rings. The monoisotopic (exact) mass is 230 g/mol. The van der Waals surface area contributed by atoms with Crippen LogP contribution in [0.1, 0.15) is 17.5 Å². The Morgan fingerprint density at radius 1 is 0.778 bits per heavy atom. The Morgan fingerprint density at radius 3 is 2.72 bits per heavy atom. The van der Waals surface area contributed by atoms with Gasteiger partial charge in [0.15, 0.2) is 0 Å². The Balaban J connectivity index is 2.28. The molecule has 0 atom stereocenters. The second-order valence-electron chi connectivity index (χ2n) is 4.93. The smallest absolute Gasteiger partial charge is 0.00759 e. The topological polar surface area (TPSA) is 0 Å². The Labute approximate surface area is 106 Å². The van der Waals surface area contributed by atoms with Gasteiger partial charge >= 0.3 is 0 Å². The summed E-state index contributed by atoms with van der Waals surface area (Å²) in [5.74, 6) is 0. The highest BCUT2D eigenvalue weighted by molar-refractivity contribution is 5.63. The Bertz CT molecular complexity index is 867. The third-order valence-corrected chi connectivity index (χ3v) is 3.93. The lowest BCUT2D eigenvalue weighted by atomic mass is 9.92. The molecule has 2 aliphatic carbocycles. The van der Waals surface area contributed by atoms with E-state index in [1.54, 1.807) is 0 Å². The number of hydrogen-bond acceptors (Lipinski definition) is 0. The number of hydrogen-bond donors (Lipinski definition) is 0. The zero-order chi connectivity index (χ0) is 11.9. The van der Waals surface area contributed by atoms with Crippen LogP contribution in [0.15, 0.2) is 42.5 Å². The van der Waals surface area contributed by atoms with Crippen LogP contribution in [-0.4, -0.2) is 0 Å². The summed E-state index contributed by atoms with van der Waals surface area (Å²) >= 11 is 0. The summed E-state index contributed by atoms with van der Waals surface area (Å²) in [5, 5.41) is 5.55. The minimum Gasteiger partial charge on any atom is -0.0801 e. The molecule has 2 aliphatic rings. The van der Waals surface area contributed by atoms with Crippen molar-refractivity contribution in [2.75, 3.05) is 0 Å². The first-order valence-corrected chi connectivity index (χ1v) is 6.52. The second-order valence-corrected chi connectivity index (χ2v) is 4.93. The number of allylic oxidation sites excluding steroid dienone is 1. The van der Waals surface area contributed by atoms with Gasteiger partial charge in [0, 0.05) is 0 Å². The molecular formula is C18H14. The van der Waals surface area contributed by atoms with Crippen LogP contribution in [0.2, 0.25) is 0 Å². The van der Waals surface area contributed by atoms with E-state index in [0.717, 1.165) is 12.8 Å². The standard InChI is InChI=1S/C18H14/c1-3-7-15-13(5-1)9-11-18-16-8-4-2-6-14(16)10-12-17(15)18/h1,3-10,12H,2,11H2. The normalized spacial score (nSPS) is 14.9. The average molecular weight is 230 g/mol. The van der Waals surface area contributed by atoms with Crippen molar-refractivity contribution in [3.8, 4) is 0 Å². The lowest BCUT2D eigenvalue weighted by Gasteiger charge is -2.12. The SMILES string of the molecule is C1=Cc2c3c(ccc2=CC1)=c1ccccc1=CC3. The van der Waals surface area contributed by atoms with Crippen LogP contribution >= 0.6 is 0 Å². The molecule has 0 radical (unpaired) electrons. The van der Waals surface area contributed by atoms with Crippen molar-refractivity contribution in [1.29, 1.82) is 0 Å². The molecule has 0 nitrogen and oxygen atoms in total. The molecule has 0 bridgehead atoms. The first-order chi connectivity index (χ1) is 8.93. The summed E-state index contributed by atoms with van der Waals surface area (Å²) in [6.07, 6.45) is 11.3. The van der Waals surface area contributed by atoms with E-state index in [4.69, 9.17) is 0 Å². The highest BCUT2D eigenvalue weighted by atomic mass is 14.1. The maximum atomic E-state index is 2.35. The molecule has 0 N–H and O–H groups in total. The zero-order valence-electron chi connectivity index (χ0n) is 10.2. The zero-order valence-corrected chi connectivity index (χ0v) is 10.2. The molecule has 0 unspecified atom stereocenters. The molecule has 0 fully saturated rings. The fraction of sp³-hybridized carbons (Fsp3) is 0.111. The van der Waals surface area contributed by atoms with Gasteiger partial charge in [0.2, 0.25) is 0 Å². The summed E-state index contributed by atoms with van der Waals surface area (Å²) in [6.45, 7) is 0. The molecule has 4 rings (SSSR count). The summed E-state index contributed by atoms with van der Waals surface area (Å²) < 4.78 is 0. The second kappa shape index (κ2) is 3.71. The third kappa shape index (κ3) is 1.32. The van der Waals surface area contributed by atoms with E-state index in [1.807, 2.05) is 0 Å². The molecule has 0 heteroatoms. The van der Waals surface area contributed by atoms with E-state index >= 15 is 0 Å². The maximum absolute atomic E-state index is 2.35. The van der Waals surface area contributed by atoms with Gasteiger partial charge in [0.25, 0.3) is 0 Å². The Morgan fingerprint density at radius 2 is 1.72 bits per heavy atom. The fourth-order valence-corrected chi connectivity index (χ4v) is 3.04. The predicted molar refractivity (Wildman–Crippen MR) is 76.1 cm³/mol. The van der Waals surface area contributed by atoms with Crippen LogP contribution in [0.4, 0.5) is 0 Å². The summed E-state index contributed by atoms with van der Waals surface area (Å²) in [6, 6.07) is 13.2. The van der Waals surface area contributed by atoms with Crippen LogP contribution in [0, 0.1) is 10.4 Å². The molecule has 0 aromatic heterocycles. The van der Waals surface area contributed by atoms with Crippen molar-refractivity contribution in [3.05, 3.63) is 74.5 Å². The summed E-state index contributed by atoms with van der Waals surface area (Å²) in [5.41, 5.74) is 2.91. The van der Waals surface area contributed by atoms with E-state index in [9.17, 15) is 0 Å². The van der Waals surface area contributed by atoms with Crippen LogP contribution < -0.4 is 10.4 Å². The lowest BCUT2D eigenvalue weighted by molar-refractivity contribution is 1.20. The molecule has 0 saturated heterocycles. The first-order valence-electron chi connectivity index (χ1n) is 6.52. The van der Waals surface area contributed by atoms with Gasteiger partial charge in [-0.1, -0.05) is 60.7 Å². The maximum Gasteiger partial charge on any atom is -0.00759 e. The average Bonchev–Trinajstić information content (AvgIpc) is 2.46. The molecule has 2 aromatic carbocycles. The molecule has 0 saturated carbocycles. The van der Waals surface area contributed by atoms with Gasteiger partial charge in [-0.05, 0) is 44.8 Å². The van der Waals surface area contributed by atoms with Crippen LogP contribution in [0.5, 0.6) is 0 Å². The molecule has 0 spiro atoms. The molecular weight excluding hydrogens is 216 g/mol. The van der Waals surface area contributed by atoms with Gasteiger partial charge in [-0.15, -0.1) is 0 Å². The predicted octanol–water partition coefficient (Wildman–Crippen LogP) is 2.51. The first kappa shape index (κ1) is 9.90. The van der Waals surface area contributed by atoms with E-state index in [1.165, 1.54) is 32.0 Å². The number of fused-ring (bicyclic) bond motifs is 4. The summed E-state index contributed by atoms with van der Waals surface area (Å²) in [4.78, 5) is 0. The minimum atomic E-state index is 1.05. The van der Waals surface area contributed by atoms with Crippen molar-refractivity contribution >= 4 is 18.2 Å². The largest absolute Gasteiger partial charge is 0.0801 e. The van der Waals surface area contributed by atoms with E-state index in [2.05, 4.69) is 60.7 Å². The Hall–Kier alpha value is -2.08. The third-order valence-electron chi connectivity index (χ3n) is 3.93. The van der Waals surface area contributed by atoms with Crippen molar-refractivity contribution in [2.45, 2.75) is 12.8 Å². The van der Waals surface area contributed by atoms with E-state index in [0.29, 0.717) is 0 Å². The quantitative estimate of drug-likeness (QED) is 0.652. The van der Waals surface area contributed by atoms with Crippen molar-refractivity contribution in [3.63, 3.8) is 0 Å². The fourth-order valence-electron chi connectivity index (χ4n) is 3.04. The molecule has 86 valence electrons. The van der Waals surface area contributed by atoms with Gasteiger partial charge in [-0.3, -0.25) is 0 Å².